The monoisotopic (exact) mass is 232 g/mol. The Bertz CT molecular complexity index is 428. The highest BCUT2D eigenvalue weighted by molar-refractivity contribution is 5.41. The molecule has 0 spiro atoms. The van der Waals surface area contributed by atoms with Crippen molar-refractivity contribution in [2.75, 3.05) is 19.6 Å². The van der Waals surface area contributed by atoms with Crippen molar-refractivity contribution in [3.8, 4) is 6.07 Å². The molecule has 2 rings (SSSR count). The predicted molar refractivity (Wildman–Crippen MR) is 65.2 cm³/mol. The summed E-state index contributed by atoms with van der Waals surface area (Å²) in [7, 11) is 0. The van der Waals surface area contributed by atoms with E-state index in [2.05, 4.69) is 11.8 Å². The quantitative estimate of drug-likeness (QED) is 0.784. The number of rotatable bonds is 2. The second kappa shape index (κ2) is 5.29. The summed E-state index contributed by atoms with van der Waals surface area (Å²) in [5, 5.41) is 9.03. The molecule has 0 atom stereocenters. The van der Waals surface area contributed by atoms with Gasteiger partial charge in [-0.25, -0.2) is 4.39 Å². The zero-order valence-corrected chi connectivity index (χ0v) is 10.1. The topological polar surface area (TPSA) is 27.0 Å². The molecule has 17 heavy (non-hydrogen) atoms. The highest BCUT2D eigenvalue weighted by Crippen LogP contribution is 2.30. The minimum Gasteiger partial charge on any atom is -0.304 e. The molecule has 1 fully saturated rings. The maximum Gasteiger partial charge on any atom is 0.141 e. The zero-order valence-electron chi connectivity index (χ0n) is 10.1. The molecule has 3 heteroatoms. The minimum atomic E-state index is -0.386. The van der Waals surface area contributed by atoms with E-state index >= 15 is 0 Å². The van der Waals surface area contributed by atoms with E-state index in [1.54, 1.807) is 6.07 Å². The average Bonchev–Trinajstić information content (AvgIpc) is 2.38. The van der Waals surface area contributed by atoms with E-state index in [1.807, 2.05) is 12.1 Å². The van der Waals surface area contributed by atoms with Crippen molar-refractivity contribution in [1.29, 1.82) is 5.26 Å². The number of piperidine rings is 1. The number of likely N-dealkylation sites (tertiary alicyclic amines) is 1. The number of benzene rings is 1. The summed E-state index contributed by atoms with van der Waals surface area (Å²) in [5.74, 6) is -0.0499. The van der Waals surface area contributed by atoms with Crippen molar-refractivity contribution in [3.63, 3.8) is 0 Å². The van der Waals surface area contributed by atoms with Crippen LogP contribution in [0.2, 0.25) is 0 Å². The second-order valence-electron chi connectivity index (χ2n) is 4.52. The van der Waals surface area contributed by atoms with E-state index in [1.165, 1.54) is 6.07 Å². The molecule has 90 valence electrons. The first-order chi connectivity index (χ1) is 8.26. The lowest BCUT2D eigenvalue weighted by Crippen LogP contribution is -2.32. The molecule has 0 unspecified atom stereocenters. The molecule has 1 saturated heterocycles. The summed E-state index contributed by atoms with van der Waals surface area (Å²) in [4.78, 5) is 2.39. The Morgan fingerprint density at radius 1 is 1.41 bits per heavy atom. The molecule has 1 aliphatic heterocycles. The van der Waals surface area contributed by atoms with Crippen molar-refractivity contribution in [2.45, 2.75) is 25.7 Å². The largest absolute Gasteiger partial charge is 0.304 e. The van der Waals surface area contributed by atoms with Crippen molar-refractivity contribution in [2.24, 2.45) is 0 Å². The fourth-order valence-electron chi connectivity index (χ4n) is 2.56. The lowest BCUT2D eigenvalue weighted by atomic mass is 9.86. The Balaban J connectivity index is 2.19. The maximum atomic E-state index is 13.5. The number of nitriles is 1. The van der Waals surface area contributed by atoms with Crippen LogP contribution < -0.4 is 0 Å². The van der Waals surface area contributed by atoms with Gasteiger partial charge in [-0.1, -0.05) is 19.1 Å². The van der Waals surface area contributed by atoms with Crippen LogP contribution in [0.15, 0.2) is 18.2 Å². The second-order valence-corrected chi connectivity index (χ2v) is 4.52. The normalized spacial score (nSPS) is 17.9. The van der Waals surface area contributed by atoms with E-state index < -0.39 is 0 Å². The summed E-state index contributed by atoms with van der Waals surface area (Å²) in [5.41, 5.74) is 1.13. The average molecular weight is 232 g/mol. The van der Waals surface area contributed by atoms with Crippen LogP contribution in [0.4, 0.5) is 4.39 Å². The third-order valence-corrected chi connectivity index (χ3v) is 3.63. The lowest BCUT2D eigenvalue weighted by Gasteiger charge is -2.31. The molecule has 1 aliphatic rings. The van der Waals surface area contributed by atoms with Gasteiger partial charge in [0.2, 0.25) is 0 Å². The van der Waals surface area contributed by atoms with Gasteiger partial charge in [-0.15, -0.1) is 0 Å². The Morgan fingerprint density at radius 3 is 2.71 bits per heavy atom. The Labute approximate surface area is 102 Å². The molecule has 1 heterocycles. The molecular weight excluding hydrogens is 215 g/mol. The van der Waals surface area contributed by atoms with Crippen LogP contribution in [0, 0.1) is 17.1 Å². The van der Waals surface area contributed by atoms with Gasteiger partial charge in [-0.2, -0.15) is 5.26 Å². The molecule has 0 bridgehead atoms. The molecule has 0 aromatic heterocycles. The third kappa shape index (κ3) is 2.48. The third-order valence-electron chi connectivity index (χ3n) is 3.63. The molecule has 0 amide bonds. The van der Waals surface area contributed by atoms with Gasteiger partial charge in [0, 0.05) is 0 Å². The Kier molecular flexibility index (Phi) is 3.75. The highest BCUT2D eigenvalue weighted by Gasteiger charge is 2.22. The van der Waals surface area contributed by atoms with Crippen LogP contribution >= 0.6 is 0 Å². The van der Waals surface area contributed by atoms with E-state index in [4.69, 9.17) is 5.26 Å². The first-order valence-electron chi connectivity index (χ1n) is 6.17. The molecule has 1 aromatic rings. The minimum absolute atomic E-state index is 0.238. The summed E-state index contributed by atoms with van der Waals surface area (Å²) in [6.07, 6.45) is 2.04. The van der Waals surface area contributed by atoms with Crippen molar-refractivity contribution in [1.82, 2.24) is 4.90 Å². The van der Waals surface area contributed by atoms with Crippen LogP contribution in [0.3, 0.4) is 0 Å². The Hall–Kier alpha value is -1.40. The fourth-order valence-corrected chi connectivity index (χ4v) is 2.56. The molecule has 0 radical (unpaired) electrons. The van der Waals surface area contributed by atoms with Crippen molar-refractivity contribution < 1.29 is 4.39 Å². The van der Waals surface area contributed by atoms with Crippen LogP contribution in [0.25, 0.3) is 0 Å². The number of hydrogen-bond donors (Lipinski definition) is 0. The van der Waals surface area contributed by atoms with Gasteiger partial charge in [0.05, 0.1) is 5.56 Å². The number of hydrogen-bond acceptors (Lipinski definition) is 2. The standard InChI is InChI=1S/C14H17FN2/c1-2-17-8-6-11(7-9-17)12-4-3-5-14(15)13(12)10-16/h3-5,11H,2,6-9H2,1H3. The van der Waals surface area contributed by atoms with Gasteiger partial charge in [0.15, 0.2) is 0 Å². The van der Waals surface area contributed by atoms with Crippen LogP contribution in [0.5, 0.6) is 0 Å². The molecule has 0 aliphatic carbocycles. The first kappa shape index (κ1) is 12.1. The summed E-state index contributed by atoms with van der Waals surface area (Å²) in [6, 6.07) is 6.96. The van der Waals surface area contributed by atoms with Gasteiger partial charge < -0.3 is 4.90 Å². The molecule has 0 N–H and O–H groups in total. The summed E-state index contributed by atoms with van der Waals surface area (Å²) in [6.45, 7) is 5.31. The molecule has 1 aromatic carbocycles. The van der Waals surface area contributed by atoms with Crippen molar-refractivity contribution in [3.05, 3.63) is 35.1 Å². The van der Waals surface area contributed by atoms with Crippen molar-refractivity contribution >= 4 is 0 Å². The number of halogens is 1. The molecular formula is C14H17FN2. The summed E-state index contributed by atoms with van der Waals surface area (Å²) >= 11 is 0. The zero-order chi connectivity index (χ0) is 12.3. The van der Waals surface area contributed by atoms with Crippen LogP contribution in [0.1, 0.15) is 36.8 Å². The maximum absolute atomic E-state index is 13.5. The predicted octanol–water partition coefficient (Wildman–Crippen LogP) is 2.90. The van der Waals surface area contributed by atoms with Gasteiger partial charge >= 0.3 is 0 Å². The first-order valence-corrected chi connectivity index (χ1v) is 6.17. The lowest BCUT2D eigenvalue weighted by molar-refractivity contribution is 0.222. The highest BCUT2D eigenvalue weighted by atomic mass is 19.1. The van der Waals surface area contributed by atoms with Crippen LogP contribution in [-0.2, 0) is 0 Å². The molecule has 0 saturated carbocycles. The van der Waals surface area contributed by atoms with E-state index in [0.717, 1.165) is 38.0 Å². The smallest absolute Gasteiger partial charge is 0.141 e. The van der Waals surface area contributed by atoms with Crippen LogP contribution in [-0.4, -0.2) is 24.5 Å². The van der Waals surface area contributed by atoms with Gasteiger partial charge in [-0.05, 0) is 50.0 Å². The van der Waals surface area contributed by atoms with E-state index in [-0.39, 0.29) is 11.4 Å². The van der Waals surface area contributed by atoms with Gasteiger partial charge in [0.1, 0.15) is 11.9 Å². The SMILES string of the molecule is CCN1CCC(c2cccc(F)c2C#N)CC1. The number of nitrogens with zero attached hydrogens (tertiary/aromatic N) is 2. The van der Waals surface area contributed by atoms with E-state index in [0.29, 0.717) is 5.92 Å². The Morgan fingerprint density at radius 2 is 2.12 bits per heavy atom. The van der Waals surface area contributed by atoms with Gasteiger partial charge in [0.25, 0.3) is 0 Å². The van der Waals surface area contributed by atoms with E-state index in [9.17, 15) is 4.39 Å². The molecule has 2 nitrogen and oxygen atoms in total. The van der Waals surface area contributed by atoms with Gasteiger partial charge in [-0.3, -0.25) is 0 Å². The summed E-state index contributed by atoms with van der Waals surface area (Å²) < 4.78 is 13.5. The fraction of sp³-hybridized carbons (Fsp3) is 0.500.